The molecule has 0 spiro atoms. The van der Waals surface area contributed by atoms with Crippen LogP contribution in [-0.4, -0.2) is 11.1 Å². The summed E-state index contributed by atoms with van der Waals surface area (Å²) in [7, 11) is 0. The third kappa shape index (κ3) is 3.76. The van der Waals surface area contributed by atoms with E-state index >= 15 is 0 Å². The lowest BCUT2D eigenvalue weighted by molar-refractivity contribution is -0.137. The van der Waals surface area contributed by atoms with Crippen molar-refractivity contribution < 1.29 is 22.7 Å². The molecule has 0 unspecified atom stereocenters. The minimum absolute atomic E-state index is 0.0780. The lowest BCUT2D eigenvalue weighted by atomic mass is 10.3. The number of alkyl halides is 3. The Labute approximate surface area is 132 Å². The van der Waals surface area contributed by atoms with Crippen molar-refractivity contribution in [1.82, 2.24) is 4.98 Å². The van der Waals surface area contributed by atoms with Gasteiger partial charge in [-0.1, -0.05) is 23.2 Å². The molecule has 0 aliphatic rings. The zero-order valence-electron chi connectivity index (χ0n) is 10.5. The number of rotatable bonds is 3. The summed E-state index contributed by atoms with van der Waals surface area (Å²) >= 11 is 11.6. The molecule has 1 aromatic carbocycles. The van der Waals surface area contributed by atoms with Gasteiger partial charge in [0.15, 0.2) is 0 Å². The van der Waals surface area contributed by atoms with Gasteiger partial charge in [0.1, 0.15) is 10.8 Å². The zero-order chi connectivity index (χ0) is 16.3. The molecule has 0 amide bonds. The first-order chi connectivity index (χ1) is 10.3. The largest absolute Gasteiger partial charge is 0.436 e. The normalized spacial score (nSPS) is 11.0. The number of hydrogen-bond donors (Lipinski definition) is 0. The van der Waals surface area contributed by atoms with Crippen LogP contribution in [0.1, 0.15) is 5.56 Å². The minimum atomic E-state index is -4.55. The smallest absolute Gasteiger partial charge is 0.417 e. The van der Waals surface area contributed by atoms with Crippen LogP contribution in [0.25, 0.3) is 0 Å². The Balaban J connectivity index is 2.30. The number of hydrogen-bond acceptors (Lipinski definition) is 4. The van der Waals surface area contributed by atoms with Gasteiger partial charge in [-0.15, -0.1) is 0 Å². The maximum Gasteiger partial charge on any atom is 0.417 e. The summed E-state index contributed by atoms with van der Waals surface area (Å²) in [6.45, 7) is 0. The molecule has 0 saturated carbocycles. The van der Waals surface area contributed by atoms with Crippen molar-refractivity contribution in [1.29, 1.82) is 0 Å². The fourth-order valence-corrected chi connectivity index (χ4v) is 1.87. The molecule has 1 heterocycles. The highest BCUT2D eigenvalue weighted by Gasteiger charge is 2.31. The first-order valence-electron chi connectivity index (χ1n) is 5.59. The second-order valence-corrected chi connectivity index (χ2v) is 4.74. The predicted molar refractivity (Wildman–Crippen MR) is 73.6 cm³/mol. The number of carbonyl (C=O) groups excluding carboxylic acids is 1. The van der Waals surface area contributed by atoms with Crippen molar-refractivity contribution >= 4 is 35.0 Å². The Hall–Kier alpha value is -2.08. The number of pyridine rings is 1. The molecule has 0 fully saturated rings. The van der Waals surface area contributed by atoms with Gasteiger partial charge in [0.25, 0.3) is 0 Å². The molecule has 2 rings (SSSR count). The van der Waals surface area contributed by atoms with Gasteiger partial charge in [0.2, 0.25) is 12.0 Å². The van der Waals surface area contributed by atoms with Gasteiger partial charge in [0, 0.05) is 6.20 Å². The van der Waals surface area contributed by atoms with E-state index in [1.165, 1.54) is 24.3 Å². The number of aromatic nitrogens is 1. The molecule has 0 aliphatic heterocycles. The van der Waals surface area contributed by atoms with E-state index in [9.17, 15) is 18.0 Å². The highest BCUT2D eigenvalue weighted by molar-refractivity contribution is 6.33. The highest BCUT2D eigenvalue weighted by atomic mass is 35.5. The van der Waals surface area contributed by atoms with Gasteiger partial charge in [-0.3, -0.25) is 0 Å². The van der Waals surface area contributed by atoms with Crippen LogP contribution in [0, 0.1) is 0 Å². The van der Waals surface area contributed by atoms with E-state index in [0.29, 0.717) is 12.3 Å². The summed E-state index contributed by atoms with van der Waals surface area (Å²) in [4.78, 5) is 17.0. The van der Waals surface area contributed by atoms with Gasteiger partial charge in [-0.2, -0.15) is 18.2 Å². The standard InChI is InChI=1S/C13H5Cl2F3N2O2/c14-9-4-8(20-6-21)1-2-11(9)22-12-10(15)3-7(5-19-12)13(16,17)18/h1-5H. The molecule has 0 N–H and O–H groups in total. The van der Waals surface area contributed by atoms with E-state index < -0.39 is 11.7 Å². The van der Waals surface area contributed by atoms with Crippen molar-refractivity contribution in [2.45, 2.75) is 6.18 Å². The second kappa shape index (κ2) is 6.36. The molecule has 4 nitrogen and oxygen atoms in total. The van der Waals surface area contributed by atoms with Crippen LogP contribution in [-0.2, 0) is 11.0 Å². The summed E-state index contributed by atoms with van der Waals surface area (Å²) in [5, 5.41) is -0.241. The topological polar surface area (TPSA) is 51.5 Å². The van der Waals surface area contributed by atoms with Crippen molar-refractivity contribution in [3.05, 3.63) is 46.1 Å². The maximum absolute atomic E-state index is 12.5. The molecule has 1 aromatic heterocycles. The third-order valence-corrected chi connectivity index (χ3v) is 3.00. The Bertz CT molecular complexity index is 759. The van der Waals surface area contributed by atoms with E-state index in [-0.39, 0.29) is 27.4 Å². The fraction of sp³-hybridized carbons (Fsp3) is 0.0769. The van der Waals surface area contributed by atoms with E-state index in [1.54, 1.807) is 0 Å². The quantitative estimate of drug-likeness (QED) is 0.568. The van der Waals surface area contributed by atoms with Crippen molar-refractivity contribution in [2.24, 2.45) is 4.99 Å². The van der Waals surface area contributed by atoms with Crippen LogP contribution in [0.4, 0.5) is 18.9 Å². The molecular formula is C13H5Cl2F3N2O2. The summed E-state index contributed by atoms with van der Waals surface area (Å²) in [5.41, 5.74) is -0.745. The van der Waals surface area contributed by atoms with Crippen LogP contribution in [0.15, 0.2) is 35.5 Å². The third-order valence-electron chi connectivity index (χ3n) is 2.43. The molecule has 0 bridgehead atoms. The van der Waals surface area contributed by atoms with E-state index in [4.69, 9.17) is 27.9 Å². The maximum atomic E-state index is 12.5. The molecule has 0 saturated heterocycles. The van der Waals surface area contributed by atoms with E-state index in [2.05, 4.69) is 9.98 Å². The number of ether oxygens (including phenoxy) is 1. The van der Waals surface area contributed by atoms with Crippen LogP contribution < -0.4 is 4.74 Å². The summed E-state index contributed by atoms with van der Waals surface area (Å²) in [6.07, 6.45) is -2.61. The Morgan fingerprint density at radius 1 is 1.18 bits per heavy atom. The first kappa shape index (κ1) is 16.3. The average molecular weight is 349 g/mol. The summed E-state index contributed by atoms with van der Waals surface area (Å²) < 4.78 is 42.8. The number of aliphatic imine (C=N–C) groups is 1. The number of halogens is 5. The molecule has 9 heteroatoms. The molecule has 0 aliphatic carbocycles. The lowest BCUT2D eigenvalue weighted by Crippen LogP contribution is -2.05. The SMILES string of the molecule is O=C=Nc1ccc(Oc2ncc(C(F)(F)F)cc2Cl)c(Cl)c1. The van der Waals surface area contributed by atoms with Crippen molar-refractivity contribution in [2.75, 3.05) is 0 Å². The first-order valence-corrected chi connectivity index (χ1v) is 6.35. The average Bonchev–Trinajstić information content (AvgIpc) is 2.43. The van der Waals surface area contributed by atoms with Crippen molar-refractivity contribution in [3.8, 4) is 11.6 Å². The Morgan fingerprint density at radius 2 is 1.91 bits per heavy atom. The number of benzene rings is 1. The van der Waals surface area contributed by atoms with Gasteiger partial charge in [-0.25, -0.2) is 9.78 Å². The fourth-order valence-electron chi connectivity index (χ4n) is 1.45. The predicted octanol–water partition coefficient (Wildman–Crippen LogP) is 5.17. The number of nitrogens with zero attached hydrogens (tertiary/aromatic N) is 2. The van der Waals surface area contributed by atoms with Crippen LogP contribution in [0.5, 0.6) is 11.6 Å². The molecule has 0 radical (unpaired) electrons. The molecule has 22 heavy (non-hydrogen) atoms. The minimum Gasteiger partial charge on any atom is -0.436 e. The van der Waals surface area contributed by atoms with E-state index in [1.807, 2.05) is 0 Å². The van der Waals surface area contributed by atoms with E-state index in [0.717, 1.165) is 0 Å². The van der Waals surface area contributed by atoms with Crippen LogP contribution in [0.3, 0.4) is 0 Å². The number of isocyanates is 1. The van der Waals surface area contributed by atoms with Gasteiger partial charge < -0.3 is 4.74 Å². The zero-order valence-corrected chi connectivity index (χ0v) is 12.0. The van der Waals surface area contributed by atoms with Gasteiger partial charge >= 0.3 is 6.18 Å². The van der Waals surface area contributed by atoms with Crippen molar-refractivity contribution in [3.63, 3.8) is 0 Å². The molecule has 2 aromatic rings. The van der Waals surface area contributed by atoms with Gasteiger partial charge in [0.05, 0.1) is 16.3 Å². The van der Waals surface area contributed by atoms with Gasteiger partial charge in [-0.05, 0) is 24.3 Å². The molecule has 0 atom stereocenters. The monoisotopic (exact) mass is 348 g/mol. The Morgan fingerprint density at radius 3 is 2.45 bits per heavy atom. The molecule has 114 valence electrons. The van der Waals surface area contributed by atoms with Crippen LogP contribution in [0.2, 0.25) is 10.0 Å². The Kier molecular flexibility index (Phi) is 4.71. The summed E-state index contributed by atoms with van der Waals surface area (Å²) in [6, 6.07) is 4.79. The lowest BCUT2D eigenvalue weighted by Gasteiger charge is -2.11. The summed E-state index contributed by atoms with van der Waals surface area (Å²) in [5.74, 6) is -0.135. The molecular weight excluding hydrogens is 344 g/mol. The second-order valence-electron chi connectivity index (χ2n) is 3.93. The highest BCUT2D eigenvalue weighted by Crippen LogP contribution is 2.37. The van der Waals surface area contributed by atoms with Crippen LogP contribution >= 0.6 is 23.2 Å².